The summed E-state index contributed by atoms with van der Waals surface area (Å²) in [4.78, 5) is 17.9. The summed E-state index contributed by atoms with van der Waals surface area (Å²) in [5.74, 6) is 1.97. The molecule has 4 aromatic rings. The highest BCUT2D eigenvalue weighted by Gasteiger charge is 2.21. The van der Waals surface area contributed by atoms with Crippen LogP contribution in [0.4, 0.5) is 17.2 Å². The van der Waals surface area contributed by atoms with Gasteiger partial charge in [-0.2, -0.15) is 5.26 Å². The quantitative estimate of drug-likeness (QED) is 0.348. The highest BCUT2D eigenvalue weighted by atomic mass is 16.5. The van der Waals surface area contributed by atoms with Crippen molar-refractivity contribution in [2.24, 2.45) is 0 Å². The lowest BCUT2D eigenvalue weighted by atomic mass is 10.1. The van der Waals surface area contributed by atoms with E-state index >= 15 is 0 Å². The number of fused-ring (bicyclic) bond motifs is 1. The highest BCUT2D eigenvalue weighted by molar-refractivity contribution is 5.89. The maximum absolute atomic E-state index is 10.2. The minimum Gasteiger partial charge on any atom is -0.493 e. The van der Waals surface area contributed by atoms with Crippen LogP contribution < -0.4 is 19.3 Å². The lowest BCUT2D eigenvalue weighted by Gasteiger charge is -2.32. The van der Waals surface area contributed by atoms with Crippen molar-refractivity contribution in [3.05, 3.63) is 71.7 Å². The molecule has 0 saturated carbocycles. The average Bonchev–Trinajstić information content (AvgIpc) is 2.95. The van der Waals surface area contributed by atoms with Gasteiger partial charge in [0.2, 0.25) is 0 Å². The highest BCUT2D eigenvalue weighted by Crippen LogP contribution is 2.37. The van der Waals surface area contributed by atoms with Crippen molar-refractivity contribution in [3.8, 4) is 17.6 Å². The third-order valence-electron chi connectivity index (χ3n) is 6.62. The Kier molecular flexibility index (Phi) is 7.24. The van der Waals surface area contributed by atoms with Crippen LogP contribution in [0.5, 0.6) is 11.5 Å². The molecule has 3 heterocycles. The minimum absolute atomic E-state index is 0.115. The second kappa shape index (κ2) is 10.9. The summed E-state index contributed by atoms with van der Waals surface area (Å²) in [7, 11) is 3.52. The van der Waals surface area contributed by atoms with Crippen molar-refractivity contribution in [1.29, 1.82) is 5.26 Å². The number of nitrogens with zero attached hydrogens (tertiary/aromatic N) is 6. The van der Waals surface area contributed by atoms with E-state index in [1.165, 1.54) is 0 Å². The Balaban J connectivity index is 1.43. The molecular formula is C29H30N6O3. The zero-order valence-electron chi connectivity index (χ0n) is 22.0. The average molecular weight is 511 g/mol. The van der Waals surface area contributed by atoms with Gasteiger partial charge in [-0.05, 0) is 44.2 Å². The van der Waals surface area contributed by atoms with Crippen LogP contribution in [0.3, 0.4) is 0 Å². The van der Waals surface area contributed by atoms with Crippen molar-refractivity contribution in [2.45, 2.75) is 26.6 Å². The summed E-state index contributed by atoms with van der Waals surface area (Å²) in [6, 6.07) is 15.8. The van der Waals surface area contributed by atoms with Gasteiger partial charge in [0.25, 0.3) is 0 Å². The molecule has 194 valence electrons. The molecular weight excluding hydrogens is 480 g/mol. The number of aromatic nitrogens is 3. The summed E-state index contributed by atoms with van der Waals surface area (Å²) >= 11 is 0. The Morgan fingerprint density at radius 2 is 2.00 bits per heavy atom. The van der Waals surface area contributed by atoms with Crippen molar-refractivity contribution in [3.63, 3.8) is 0 Å². The van der Waals surface area contributed by atoms with E-state index in [-0.39, 0.29) is 6.10 Å². The molecule has 0 bridgehead atoms. The number of aryl methyl sites for hydroxylation is 1. The molecule has 1 aliphatic rings. The zero-order chi connectivity index (χ0) is 26.6. The van der Waals surface area contributed by atoms with Crippen LogP contribution in [0, 0.1) is 18.3 Å². The molecule has 9 heteroatoms. The van der Waals surface area contributed by atoms with Crippen molar-refractivity contribution < 1.29 is 14.2 Å². The molecule has 2 aromatic heterocycles. The first kappa shape index (κ1) is 25.2. The number of hydrogen-bond acceptors (Lipinski definition) is 9. The van der Waals surface area contributed by atoms with E-state index in [1.807, 2.05) is 68.3 Å². The number of rotatable bonds is 7. The van der Waals surface area contributed by atoms with Gasteiger partial charge < -0.3 is 24.0 Å². The smallest absolute Gasteiger partial charge is 0.162 e. The fourth-order valence-corrected chi connectivity index (χ4v) is 4.49. The van der Waals surface area contributed by atoms with Gasteiger partial charge in [-0.15, -0.1) is 0 Å². The van der Waals surface area contributed by atoms with Crippen LogP contribution in [-0.2, 0) is 11.3 Å². The Bertz CT molecular complexity index is 1480. The second-order valence-corrected chi connectivity index (χ2v) is 9.29. The van der Waals surface area contributed by atoms with Crippen LogP contribution in [0.2, 0.25) is 0 Å². The molecule has 1 aliphatic heterocycles. The number of hydrogen-bond donors (Lipinski definition) is 0. The van der Waals surface area contributed by atoms with E-state index in [9.17, 15) is 5.26 Å². The van der Waals surface area contributed by atoms with Gasteiger partial charge in [0.05, 0.1) is 37.2 Å². The first-order chi connectivity index (χ1) is 18.5. The maximum Gasteiger partial charge on any atom is 0.162 e. The van der Waals surface area contributed by atoms with Crippen LogP contribution in [0.15, 0.2) is 54.9 Å². The number of nitriles is 1. The summed E-state index contributed by atoms with van der Waals surface area (Å²) in [5, 5.41) is 10.2. The number of pyridine rings is 1. The number of anilines is 3. The van der Waals surface area contributed by atoms with Gasteiger partial charge >= 0.3 is 0 Å². The van der Waals surface area contributed by atoms with Gasteiger partial charge in [0.1, 0.15) is 29.6 Å². The molecule has 5 rings (SSSR count). The fourth-order valence-electron chi connectivity index (χ4n) is 4.49. The number of methoxy groups -OCH3 is 1. The Morgan fingerprint density at radius 1 is 1.13 bits per heavy atom. The Labute approximate surface area is 222 Å². The summed E-state index contributed by atoms with van der Waals surface area (Å²) < 4.78 is 17.3. The normalized spacial score (nSPS) is 15.2. The molecule has 0 radical (unpaired) electrons. The predicted molar refractivity (Wildman–Crippen MR) is 146 cm³/mol. The van der Waals surface area contributed by atoms with Gasteiger partial charge in [-0.1, -0.05) is 6.07 Å². The summed E-state index contributed by atoms with van der Waals surface area (Å²) in [6.07, 6.45) is 3.69. The molecule has 0 amide bonds. The third-order valence-corrected chi connectivity index (χ3v) is 6.62. The summed E-state index contributed by atoms with van der Waals surface area (Å²) in [6.45, 7) is 6.48. The van der Waals surface area contributed by atoms with Crippen molar-refractivity contribution in [2.75, 3.05) is 43.7 Å². The fraction of sp³-hybridized carbons (Fsp3) is 0.310. The summed E-state index contributed by atoms with van der Waals surface area (Å²) in [5.41, 5.74) is 5.22. The lowest BCUT2D eigenvalue weighted by molar-refractivity contribution is 0.0529. The van der Waals surface area contributed by atoms with E-state index in [4.69, 9.17) is 19.2 Å². The van der Waals surface area contributed by atoms with E-state index in [1.54, 1.807) is 19.5 Å². The first-order valence-electron chi connectivity index (χ1n) is 12.5. The Morgan fingerprint density at radius 3 is 2.74 bits per heavy atom. The molecule has 1 fully saturated rings. The number of ether oxygens (including phenoxy) is 3. The van der Waals surface area contributed by atoms with Gasteiger partial charge in [-0.3, -0.25) is 9.97 Å². The topological polar surface area (TPSA) is 96.6 Å². The molecule has 0 N–H and O–H groups in total. The molecule has 9 nitrogen and oxygen atoms in total. The van der Waals surface area contributed by atoms with Gasteiger partial charge in [-0.25, -0.2) is 4.98 Å². The standard InChI is InChI=1S/C29H30N6O3/c1-19-5-6-21(15-31-19)18-38-26-10-7-22(13-27(26)36-4)34(3)25-9-8-24-29(23(25)14-30)33-28(16-32-24)35-11-12-37-20(2)17-35/h5-10,13,15-16,20H,11-12,17-18H2,1-4H3. The first-order valence-corrected chi connectivity index (χ1v) is 12.5. The maximum atomic E-state index is 10.2. The van der Waals surface area contributed by atoms with Crippen LogP contribution >= 0.6 is 0 Å². The molecule has 1 atom stereocenters. The number of morpholine rings is 1. The lowest BCUT2D eigenvalue weighted by Crippen LogP contribution is -2.41. The zero-order valence-corrected chi connectivity index (χ0v) is 22.0. The van der Waals surface area contributed by atoms with Crippen LogP contribution in [-0.4, -0.2) is 54.9 Å². The van der Waals surface area contributed by atoms with E-state index in [2.05, 4.69) is 20.9 Å². The molecule has 1 unspecified atom stereocenters. The molecule has 0 spiro atoms. The molecule has 1 saturated heterocycles. The second-order valence-electron chi connectivity index (χ2n) is 9.29. The molecule has 38 heavy (non-hydrogen) atoms. The van der Waals surface area contributed by atoms with Crippen molar-refractivity contribution in [1.82, 2.24) is 15.0 Å². The van der Waals surface area contributed by atoms with E-state index in [0.29, 0.717) is 41.3 Å². The van der Waals surface area contributed by atoms with E-state index in [0.717, 1.165) is 41.5 Å². The molecule has 2 aromatic carbocycles. The molecule has 0 aliphatic carbocycles. The van der Waals surface area contributed by atoms with Crippen LogP contribution in [0.1, 0.15) is 23.7 Å². The van der Waals surface area contributed by atoms with Gasteiger partial charge in [0, 0.05) is 49.3 Å². The Hall–Kier alpha value is -4.42. The van der Waals surface area contributed by atoms with Gasteiger partial charge in [0.15, 0.2) is 11.5 Å². The van der Waals surface area contributed by atoms with Crippen molar-refractivity contribution >= 4 is 28.2 Å². The van der Waals surface area contributed by atoms with E-state index < -0.39 is 0 Å². The predicted octanol–water partition coefficient (Wildman–Crippen LogP) is 4.79. The largest absolute Gasteiger partial charge is 0.493 e. The SMILES string of the molecule is COc1cc(N(C)c2ccc3ncc(N4CCOC(C)C4)nc3c2C#N)ccc1OCc1ccc(C)nc1. The van der Waals surface area contributed by atoms with Crippen LogP contribution in [0.25, 0.3) is 11.0 Å². The third kappa shape index (κ3) is 5.17. The number of benzene rings is 2. The monoisotopic (exact) mass is 510 g/mol. The minimum atomic E-state index is 0.115.